The van der Waals surface area contributed by atoms with Gasteiger partial charge >= 0.3 is 24.3 Å². The van der Waals surface area contributed by atoms with Crippen molar-refractivity contribution in [1.29, 1.82) is 0 Å². The molecule has 6 amide bonds. The number of carbonyl (C=O) groups excluding carboxylic acids is 7. The Morgan fingerprint density at radius 3 is 1.35 bits per heavy atom. The number of amides is 6. The fourth-order valence-electron chi connectivity index (χ4n) is 7.26. The molecular weight excluding hydrogens is 1100 g/mol. The summed E-state index contributed by atoms with van der Waals surface area (Å²) >= 11 is 2.88. The molecule has 0 aliphatic rings. The van der Waals surface area contributed by atoms with E-state index in [2.05, 4.69) is 41.3 Å². The number of esters is 1. The van der Waals surface area contributed by atoms with Crippen LogP contribution in [0.1, 0.15) is 80.3 Å². The number of H-pyrrole nitrogens is 2. The van der Waals surface area contributed by atoms with Crippen molar-refractivity contribution < 1.29 is 74.5 Å². The van der Waals surface area contributed by atoms with Gasteiger partial charge in [0.25, 0.3) is 35.4 Å². The van der Waals surface area contributed by atoms with Crippen molar-refractivity contribution in [2.24, 2.45) is 0 Å². The molecule has 0 saturated carbocycles. The lowest BCUT2D eigenvalue weighted by Crippen LogP contribution is -2.49. The zero-order valence-corrected chi connectivity index (χ0v) is 42.7. The highest BCUT2D eigenvalue weighted by Crippen LogP contribution is 2.38. The summed E-state index contributed by atoms with van der Waals surface area (Å²) in [6, 6.07) is 18.6. The van der Waals surface area contributed by atoms with E-state index in [1.54, 1.807) is 65.6 Å². The number of rotatable bonds is 18. The molecule has 0 bridgehead atoms. The molecule has 0 aliphatic heterocycles. The molecule has 0 aliphatic carbocycles. The number of fused-ring (bicyclic) bond motifs is 2. The number of ether oxygens (including phenoxy) is 1. The third-order valence-corrected chi connectivity index (χ3v) is 15.0. The van der Waals surface area contributed by atoms with Crippen LogP contribution in [0.15, 0.2) is 108 Å². The summed E-state index contributed by atoms with van der Waals surface area (Å²) in [5.74, 6) is -7.88. The highest BCUT2D eigenvalue weighted by atomic mass is 32.1. The Balaban J connectivity index is 0.000000224. The molecule has 0 radical (unpaired) electrons. The average molecular weight is 1140 g/mol. The van der Waals surface area contributed by atoms with Crippen molar-refractivity contribution >= 4 is 115 Å². The lowest BCUT2D eigenvalue weighted by Gasteiger charge is -2.17. The first-order valence-corrected chi connectivity index (χ1v) is 25.7. The fraction of sp³-hybridized carbons (Fsp3) is 0.184. The zero-order chi connectivity index (χ0) is 55.6. The summed E-state index contributed by atoms with van der Waals surface area (Å²) in [6.45, 7) is -0.925. The topological polar surface area (TPSA) is 270 Å². The maximum atomic E-state index is 13.8. The van der Waals surface area contributed by atoms with E-state index in [-0.39, 0.29) is 22.8 Å². The van der Waals surface area contributed by atoms with Gasteiger partial charge in [-0.15, -0.1) is 45.3 Å². The van der Waals surface area contributed by atoms with Gasteiger partial charge in [-0.05, 0) is 70.4 Å². The van der Waals surface area contributed by atoms with E-state index in [1.807, 2.05) is 23.5 Å². The summed E-state index contributed by atoms with van der Waals surface area (Å²) in [5.41, 5.74) is 0.446. The normalized spacial score (nSPS) is 12.1. The lowest BCUT2D eigenvalue weighted by atomic mass is 10.1. The van der Waals surface area contributed by atoms with Crippen molar-refractivity contribution in [2.75, 3.05) is 20.2 Å². The van der Waals surface area contributed by atoms with Crippen LogP contribution in [0.25, 0.3) is 21.8 Å². The second kappa shape index (κ2) is 24.6. The predicted octanol–water partition coefficient (Wildman–Crippen LogP) is 7.79. The minimum atomic E-state index is -4.98. The van der Waals surface area contributed by atoms with Gasteiger partial charge in [0.2, 0.25) is 0 Å². The summed E-state index contributed by atoms with van der Waals surface area (Å²) in [4.78, 5) is 103. The van der Waals surface area contributed by atoms with Crippen molar-refractivity contribution in [2.45, 2.75) is 37.5 Å². The van der Waals surface area contributed by atoms with Crippen LogP contribution in [0, 0.1) is 0 Å². The van der Waals surface area contributed by atoms with Gasteiger partial charge in [0.05, 0.1) is 37.7 Å². The summed E-state index contributed by atoms with van der Waals surface area (Å²) < 4.78 is 87.1. The molecule has 0 fully saturated rings. The number of nitrogens with one attached hydrogen (secondary N) is 8. The molecule has 0 unspecified atom stereocenters. The molecule has 2 atom stereocenters. The largest absolute Gasteiger partial charge is 0.480 e. The van der Waals surface area contributed by atoms with Gasteiger partial charge < -0.3 is 51.7 Å². The molecule has 0 saturated heterocycles. The first kappa shape index (κ1) is 56.4. The number of carboxylic acid groups (broad SMARTS) is 1. The second-order valence-electron chi connectivity index (χ2n) is 16.1. The first-order valence-electron chi connectivity index (χ1n) is 22.3. The fourth-order valence-corrected chi connectivity index (χ4v) is 10.5. The van der Waals surface area contributed by atoms with Crippen molar-refractivity contribution in [3.8, 4) is 0 Å². The van der Waals surface area contributed by atoms with E-state index in [0.717, 1.165) is 62.7 Å². The van der Waals surface area contributed by atoms with E-state index in [1.165, 1.54) is 12.1 Å². The number of alkyl halides is 6. The van der Waals surface area contributed by atoms with Gasteiger partial charge in [0, 0.05) is 60.4 Å². The number of benzene rings is 2. The van der Waals surface area contributed by atoms with Crippen LogP contribution >= 0.6 is 45.3 Å². The molecule has 2 aromatic carbocycles. The number of aromatic amines is 2. The van der Waals surface area contributed by atoms with Crippen molar-refractivity contribution in [3.05, 3.63) is 160 Å². The predicted molar refractivity (Wildman–Crippen MR) is 273 cm³/mol. The maximum absolute atomic E-state index is 13.8. The van der Waals surface area contributed by atoms with Gasteiger partial charge in [0.1, 0.15) is 21.8 Å². The quantitative estimate of drug-likeness (QED) is 0.0297. The Labute approximate surface area is 446 Å². The third-order valence-electron chi connectivity index (χ3n) is 11.0. The molecule has 6 heterocycles. The number of halogens is 6. The highest BCUT2D eigenvalue weighted by Gasteiger charge is 2.41. The number of hydrogen-bond acceptors (Lipinski definition) is 13. The summed E-state index contributed by atoms with van der Waals surface area (Å²) in [6.07, 6.45) is -6.49. The first-order chi connectivity index (χ1) is 36.6. The number of thiophene rings is 4. The SMILES string of the molecule is COC(=O)[C@H](CNC(=O)c1cccs1)NC(=O)c1sc(C(=O)NCc2cccc3[nH]ccc23)cc1C(F)(F)F.O=C(NC[C@H](NC(=O)c1sc(C(=O)NCc2cccc3[nH]ccc23)cc1C(F)(F)F)C(=O)O)c1cccs1. The van der Waals surface area contributed by atoms with E-state index in [0.29, 0.717) is 44.6 Å². The van der Waals surface area contributed by atoms with E-state index < -0.39 is 106 Å². The van der Waals surface area contributed by atoms with Gasteiger partial charge in [-0.3, -0.25) is 28.8 Å². The average Bonchev–Trinajstić information content (AvgIpc) is 4.26. The molecule has 402 valence electrons. The van der Waals surface area contributed by atoms with E-state index >= 15 is 0 Å². The molecule has 8 rings (SSSR count). The molecule has 8 aromatic rings. The molecule has 9 N–H and O–H groups in total. The number of aliphatic carboxylic acids is 1. The minimum absolute atomic E-state index is 0.0276. The van der Waals surface area contributed by atoms with E-state index in [4.69, 9.17) is 0 Å². The number of carbonyl (C=O) groups is 8. The molecule has 28 heteroatoms. The highest BCUT2D eigenvalue weighted by molar-refractivity contribution is 7.16. The molecule has 6 aromatic heterocycles. The number of hydrogen-bond donors (Lipinski definition) is 9. The van der Waals surface area contributed by atoms with E-state index in [9.17, 15) is 69.8 Å². The monoisotopic (exact) mass is 1140 g/mol. The van der Waals surface area contributed by atoms with Gasteiger partial charge in [-0.25, -0.2) is 9.59 Å². The Bertz CT molecular complexity index is 3460. The van der Waals surface area contributed by atoms with Gasteiger partial charge in [0.15, 0.2) is 0 Å². The molecular formula is C49H40F6N8O10S4. The van der Waals surface area contributed by atoms with Crippen LogP contribution in [-0.4, -0.2) is 94.7 Å². The summed E-state index contributed by atoms with van der Waals surface area (Å²) in [7, 11) is 1.03. The van der Waals surface area contributed by atoms with Gasteiger partial charge in [-0.1, -0.05) is 36.4 Å². The number of methoxy groups -OCH3 is 1. The second-order valence-corrected chi connectivity index (χ2v) is 20.1. The Kier molecular flexibility index (Phi) is 18.0. The Hall–Kier alpha value is -8.34. The zero-order valence-electron chi connectivity index (χ0n) is 39.4. The third kappa shape index (κ3) is 14.1. The van der Waals surface area contributed by atoms with Crippen LogP contribution in [0.4, 0.5) is 26.3 Å². The molecule has 18 nitrogen and oxygen atoms in total. The smallest absolute Gasteiger partial charge is 0.418 e. The summed E-state index contributed by atoms with van der Waals surface area (Å²) in [5, 5.41) is 28.5. The number of aromatic nitrogens is 2. The van der Waals surface area contributed by atoms with Crippen LogP contribution in [0.2, 0.25) is 0 Å². The van der Waals surface area contributed by atoms with Crippen LogP contribution in [-0.2, 0) is 39.8 Å². The van der Waals surface area contributed by atoms with Crippen molar-refractivity contribution in [3.63, 3.8) is 0 Å². The van der Waals surface area contributed by atoms with Gasteiger partial charge in [-0.2, -0.15) is 26.3 Å². The minimum Gasteiger partial charge on any atom is -0.480 e. The number of carboxylic acids is 1. The van der Waals surface area contributed by atoms with Crippen LogP contribution in [0.3, 0.4) is 0 Å². The Morgan fingerprint density at radius 2 is 0.961 bits per heavy atom. The lowest BCUT2D eigenvalue weighted by molar-refractivity contribution is -0.143. The molecule has 0 spiro atoms. The molecule has 77 heavy (non-hydrogen) atoms. The van der Waals surface area contributed by atoms with Crippen molar-refractivity contribution in [1.82, 2.24) is 41.9 Å². The van der Waals surface area contributed by atoms with Crippen LogP contribution in [0.5, 0.6) is 0 Å². The Morgan fingerprint density at radius 1 is 0.545 bits per heavy atom. The van der Waals surface area contributed by atoms with Crippen LogP contribution < -0.4 is 31.9 Å². The maximum Gasteiger partial charge on any atom is 0.418 e. The standard InChI is InChI=1S/C25H21F3N4O5S2.C24H19F3N4O5S2/c1-37-24(36)17(12-31-21(33)18-6-3-9-38-18)32-23(35)20-15(25(26,27)28)10-19(39-20)22(34)30-11-13-4-2-5-16-14(13)7-8-29-16;25-24(26,27)14-9-18(21(33)29-10-12-3-1-4-15-13(12)6-7-28-15)38-19(14)22(34)31-16(23(35)36)11-30-20(32)17-5-2-8-37-17/h2-10,17,29H,11-12H2,1H3,(H,30,34)(H,31,33)(H,32,35);1-9,16,28H,10-11H2,(H,29,33)(H,30,32)(H,31,34)(H,35,36)/t17-;16-/m00/s1.